The number of nitrogens with one attached hydrogen (secondary N) is 1. The Morgan fingerprint density at radius 3 is 2.08 bits per heavy atom. The Labute approximate surface area is 141 Å². The Morgan fingerprint density at radius 1 is 1.17 bits per heavy atom. The normalized spacial score (nSPS) is 30.7. The van der Waals surface area contributed by atoms with Crippen LogP contribution in [0.4, 0.5) is 9.18 Å². The number of alkyl halides is 1. The van der Waals surface area contributed by atoms with Gasteiger partial charge in [0, 0.05) is 12.8 Å². The van der Waals surface area contributed by atoms with E-state index in [1.165, 1.54) is 0 Å². The van der Waals surface area contributed by atoms with Gasteiger partial charge in [-0.3, -0.25) is 0 Å². The van der Waals surface area contributed by atoms with Gasteiger partial charge in [0.2, 0.25) is 0 Å². The van der Waals surface area contributed by atoms with E-state index in [-0.39, 0.29) is 12.8 Å². The summed E-state index contributed by atoms with van der Waals surface area (Å²) in [5.41, 5.74) is -0.0480. The summed E-state index contributed by atoms with van der Waals surface area (Å²) >= 11 is 0. The maximum atomic E-state index is 13.4. The maximum absolute atomic E-state index is 13.4. The summed E-state index contributed by atoms with van der Waals surface area (Å²) in [4.78, 5) is 11.0. The van der Waals surface area contributed by atoms with E-state index in [1.54, 1.807) is 0 Å². The maximum Gasteiger partial charge on any atom is 0.494 e. The average molecular weight is 335 g/mol. The molecule has 1 amide bonds. The van der Waals surface area contributed by atoms with Gasteiger partial charge in [-0.1, -0.05) is 24.3 Å². The Kier molecular flexibility index (Phi) is 3.92. The van der Waals surface area contributed by atoms with E-state index in [4.69, 9.17) is 14.4 Å². The highest BCUT2D eigenvalue weighted by Crippen LogP contribution is 2.43. The number of halogens is 1. The molecule has 0 spiro atoms. The number of amides is 1. The molecule has 2 N–H and O–H groups in total. The summed E-state index contributed by atoms with van der Waals surface area (Å²) in [6.07, 6.45) is -1.79. The van der Waals surface area contributed by atoms with Crippen molar-refractivity contribution in [1.29, 1.82) is 0 Å². The molecule has 7 heteroatoms. The molecule has 1 aromatic carbocycles. The van der Waals surface area contributed by atoms with E-state index in [0.29, 0.717) is 0 Å². The van der Waals surface area contributed by atoms with Crippen LogP contribution in [-0.2, 0) is 14.8 Å². The molecule has 1 saturated carbocycles. The SMILES string of the molecule is CC1(C)OB(c2ccc(C3(NC(=O)O)CC(F)C3)cc2)OC1(C)C. The molecule has 1 heterocycles. The number of carbonyl (C=O) groups is 1. The molecule has 1 aromatic rings. The van der Waals surface area contributed by atoms with E-state index in [2.05, 4.69) is 5.32 Å². The second-order valence-corrected chi connectivity index (χ2v) is 7.73. The highest BCUT2D eigenvalue weighted by Gasteiger charge is 2.52. The van der Waals surface area contributed by atoms with Crippen LogP contribution >= 0.6 is 0 Å². The van der Waals surface area contributed by atoms with Gasteiger partial charge < -0.3 is 19.7 Å². The molecule has 1 aliphatic carbocycles. The molecule has 3 rings (SSSR count). The molecule has 24 heavy (non-hydrogen) atoms. The van der Waals surface area contributed by atoms with Gasteiger partial charge in [-0.25, -0.2) is 9.18 Å². The number of carboxylic acid groups (broad SMARTS) is 1. The predicted octanol–water partition coefficient (Wildman–Crippen LogP) is 2.58. The van der Waals surface area contributed by atoms with Crippen molar-refractivity contribution in [1.82, 2.24) is 5.32 Å². The highest BCUT2D eigenvalue weighted by atomic mass is 19.1. The zero-order chi connectivity index (χ0) is 17.8. The van der Waals surface area contributed by atoms with Gasteiger partial charge in [0.25, 0.3) is 0 Å². The van der Waals surface area contributed by atoms with Crippen molar-refractivity contribution in [2.45, 2.75) is 63.4 Å². The Balaban J connectivity index is 1.80. The van der Waals surface area contributed by atoms with Crippen LogP contribution in [0.15, 0.2) is 24.3 Å². The van der Waals surface area contributed by atoms with E-state index >= 15 is 0 Å². The fourth-order valence-electron chi connectivity index (χ4n) is 3.25. The fraction of sp³-hybridized carbons (Fsp3) is 0.588. The van der Waals surface area contributed by atoms with Crippen LogP contribution in [0, 0.1) is 0 Å². The lowest BCUT2D eigenvalue weighted by Crippen LogP contribution is -2.55. The van der Waals surface area contributed by atoms with Gasteiger partial charge in [0.05, 0.1) is 16.7 Å². The Morgan fingerprint density at radius 2 is 1.67 bits per heavy atom. The molecule has 1 aliphatic heterocycles. The van der Waals surface area contributed by atoms with Crippen molar-refractivity contribution >= 4 is 18.7 Å². The summed E-state index contributed by atoms with van der Waals surface area (Å²) in [7, 11) is -0.470. The van der Waals surface area contributed by atoms with Crippen molar-refractivity contribution in [2.24, 2.45) is 0 Å². The summed E-state index contributed by atoms with van der Waals surface area (Å²) in [6.45, 7) is 7.96. The van der Waals surface area contributed by atoms with E-state index < -0.39 is 36.1 Å². The van der Waals surface area contributed by atoms with Gasteiger partial charge in [0.15, 0.2) is 0 Å². The molecular formula is C17H23BFNO4. The molecule has 130 valence electrons. The minimum absolute atomic E-state index is 0.162. The molecule has 0 bridgehead atoms. The third-order valence-electron chi connectivity index (χ3n) is 5.47. The topological polar surface area (TPSA) is 67.8 Å². The zero-order valence-corrected chi connectivity index (χ0v) is 14.4. The summed E-state index contributed by atoms with van der Waals surface area (Å²) in [5, 5.41) is 11.5. The lowest BCUT2D eigenvalue weighted by Gasteiger charge is -2.44. The van der Waals surface area contributed by atoms with Crippen LogP contribution in [0.2, 0.25) is 0 Å². The van der Waals surface area contributed by atoms with Crippen molar-refractivity contribution in [3.8, 4) is 0 Å². The number of hydrogen-bond donors (Lipinski definition) is 2. The molecular weight excluding hydrogens is 312 g/mol. The zero-order valence-electron chi connectivity index (χ0n) is 14.4. The highest BCUT2D eigenvalue weighted by molar-refractivity contribution is 6.62. The first-order chi connectivity index (χ1) is 11.0. The van der Waals surface area contributed by atoms with Crippen LogP contribution in [-0.4, -0.2) is 35.7 Å². The monoisotopic (exact) mass is 335 g/mol. The third kappa shape index (κ3) is 2.80. The van der Waals surface area contributed by atoms with Crippen molar-refractivity contribution < 1.29 is 23.6 Å². The number of benzene rings is 1. The first kappa shape index (κ1) is 17.2. The standard InChI is InChI=1S/C17H23BFNO4/c1-15(2)16(3,4)24-18(23-15)12-7-5-11(6-8-12)17(20-14(21)22)9-13(19)10-17/h5-8,13,20H,9-10H2,1-4H3,(H,21,22). The van der Waals surface area contributed by atoms with E-state index in [9.17, 15) is 9.18 Å². The predicted molar refractivity (Wildman–Crippen MR) is 89.1 cm³/mol. The minimum Gasteiger partial charge on any atom is -0.465 e. The molecule has 1 saturated heterocycles. The Hall–Kier alpha value is -1.60. The van der Waals surface area contributed by atoms with Gasteiger partial charge in [-0.05, 0) is 38.7 Å². The van der Waals surface area contributed by atoms with Gasteiger partial charge in [0.1, 0.15) is 6.17 Å². The van der Waals surface area contributed by atoms with Gasteiger partial charge >= 0.3 is 13.2 Å². The molecule has 2 aliphatic rings. The Bertz CT molecular complexity index is 624. The van der Waals surface area contributed by atoms with Crippen molar-refractivity contribution in [3.63, 3.8) is 0 Å². The van der Waals surface area contributed by atoms with E-state index in [1.807, 2.05) is 52.0 Å². The van der Waals surface area contributed by atoms with Crippen LogP contribution in [0.5, 0.6) is 0 Å². The molecule has 0 radical (unpaired) electrons. The lowest BCUT2D eigenvalue weighted by atomic mass is 9.69. The first-order valence-electron chi connectivity index (χ1n) is 8.16. The average Bonchev–Trinajstić information content (AvgIpc) is 2.65. The van der Waals surface area contributed by atoms with Gasteiger partial charge in [-0.2, -0.15) is 0 Å². The summed E-state index contributed by atoms with van der Waals surface area (Å²) in [6, 6.07) is 7.35. The van der Waals surface area contributed by atoms with Crippen LogP contribution in [0.3, 0.4) is 0 Å². The van der Waals surface area contributed by atoms with Crippen LogP contribution in [0.25, 0.3) is 0 Å². The smallest absolute Gasteiger partial charge is 0.465 e. The summed E-state index contributed by atoms with van der Waals surface area (Å²) < 4.78 is 25.4. The second kappa shape index (κ2) is 5.46. The minimum atomic E-state index is -1.14. The largest absolute Gasteiger partial charge is 0.494 e. The number of hydrogen-bond acceptors (Lipinski definition) is 3. The quantitative estimate of drug-likeness (QED) is 0.833. The summed E-state index contributed by atoms with van der Waals surface area (Å²) in [5.74, 6) is 0. The van der Waals surface area contributed by atoms with E-state index in [0.717, 1.165) is 11.0 Å². The molecule has 2 fully saturated rings. The number of rotatable bonds is 3. The van der Waals surface area contributed by atoms with Crippen LogP contribution in [0.1, 0.15) is 46.1 Å². The fourth-order valence-corrected chi connectivity index (χ4v) is 3.25. The van der Waals surface area contributed by atoms with Gasteiger partial charge in [-0.15, -0.1) is 0 Å². The molecule has 0 aromatic heterocycles. The van der Waals surface area contributed by atoms with Crippen LogP contribution < -0.4 is 10.8 Å². The molecule has 0 unspecified atom stereocenters. The molecule has 5 nitrogen and oxygen atoms in total. The third-order valence-corrected chi connectivity index (χ3v) is 5.47. The van der Waals surface area contributed by atoms with Crippen molar-refractivity contribution in [2.75, 3.05) is 0 Å². The lowest BCUT2D eigenvalue weighted by molar-refractivity contribution is 0.00578. The second-order valence-electron chi connectivity index (χ2n) is 7.73. The molecule has 0 atom stereocenters. The first-order valence-corrected chi connectivity index (χ1v) is 8.16. The van der Waals surface area contributed by atoms with Crippen molar-refractivity contribution in [3.05, 3.63) is 29.8 Å².